The van der Waals surface area contributed by atoms with Gasteiger partial charge in [-0.3, -0.25) is 4.98 Å². The number of nitrogens with one attached hydrogen (secondary N) is 1. The van der Waals surface area contributed by atoms with Gasteiger partial charge in [0.05, 0.1) is 0 Å². The normalized spacial score (nSPS) is 22.5. The maximum absolute atomic E-state index is 4.11. The second kappa shape index (κ2) is 4.02. The first-order valence-electron chi connectivity index (χ1n) is 6.18. The fourth-order valence-corrected chi connectivity index (χ4v) is 2.52. The lowest BCUT2D eigenvalue weighted by Crippen LogP contribution is -2.37. The van der Waals surface area contributed by atoms with Crippen molar-refractivity contribution in [2.24, 2.45) is 0 Å². The molecule has 1 fully saturated rings. The monoisotopic (exact) mass is 214 g/mol. The smallest absolute Gasteiger partial charge is 0.0270 e. The molecule has 0 amide bonds. The first-order valence-corrected chi connectivity index (χ1v) is 6.18. The Morgan fingerprint density at radius 1 is 1.19 bits per heavy atom. The summed E-state index contributed by atoms with van der Waals surface area (Å²) in [6.07, 6.45) is 13.5. The summed E-state index contributed by atoms with van der Waals surface area (Å²) >= 11 is 0. The van der Waals surface area contributed by atoms with Gasteiger partial charge < -0.3 is 5.32 Å². The molecular formula is C14H18N2. The van der Waals surface area contributed by atoms with Crippen LogP contribution in [0.25, 0.3) is 0 Å². The van der Waals surface area contributed by atoms with Gasteiger partial charge in [-0.1, -0.05) is 12.2 Å². The third kappa shape index (κ3) is 1.90. The quantitative estimate of drug-likeness (QED) is 0.779. The maximum atomic E-state index is 4.11. The number of pyridine rings is 1. The molecule has 2 nitrogen and oxygen atoms in total. The lowest BCUT2D eigenvalue weighted by molar-refractivity contribution is 0.416. The summed E-state index contributed by atoms with van der Waals surface area (Å²) in [6, 6.07) is 5.13. The Balaban J connectivity index is 1.78. The highest BCUT2D eigenvalue weighted by Gasteiger charge is 2.34. The van der Waals surface area contributed by atoms with E-state index in [4.69, 9.17) is 0 Å². The summed E-state index contributed by atoms with van der Waals surface area (Å²) in [5.74, 6) is 0. The Labute approximate surface area is 96.8 Å². The van der Waals surface area contributed by atoms with Crippen molar-refractivity contribution in [3.63, 3.8) is 0 Å². The maximum Gasteiger partial charge on any atom is 0.0270 e. The van der Waals surface area contributed by atoms with Gasteiger partial charge in [-0.05, 0) is 43.4 Å². The van der Waals surface area contributed by atoms with E-state index >= 15 is 0 Å². The molecule has 0 aliphatic heterocycles. The SMILES string of the molecule is C1=CCC(CNC2CC2)(c2ccncc2)C1. The number of hydrogen-bond acceptors (Lipinski definition) is 2. The summed E-state index contributed by atoms with van der Waals surface area (Å²) in [6.45, 7) is 1.11. The van der Waals surface area contributed by atoms with E-state index in [0.29, 0.717) is 5.41 Å². The average Bonchev–Trinajstić information content (AvgIpc) is 3.06. The van der Waals surface area contributed by atoms with Crippen LogP contribution in [0.5, 0.6) is 0 Å². The molecule has 2 heteroatoms. The molecule has 0 radical (unpaired) electrons. The molecule has 84 valence electrons. The number of aromatic nitrogens is 1. The minimum Gasteiger partial charge on any atom is -0.313 e. The molecule has 1 saturated carbocycles. The fraction of sp³-hybridized carbons (Fsp3) is 0.500. The first kappa shape index (κ1) is 10.0. The Bertz CT molecular complexity index is 371. The van der Waals surface area contributed by atoms with Gasteiger partial charge in [0.1, 0.15) is 0 Å². The average molecular weight is 214 g/mol. The summed E-state index contributed by atoms with van der Waals surface area (Å²) < 4.78 is 0. The molecule has 1 heterocycles. The van der Waals surface area contributed by atoms with Crippen LogP contribution in [0.3, 0.4) is 0 Å². The molecule has 0 atom stereocenters. The third-order valence-corrected chi connectivity index (χ3v) is 3.78. The minimum absolute atomic E-state index is 0.297. The van der Waals surface area contributed by atoms with Crippen molar-refractivity contribution in [3.05, 3.63) is 42.2 Å². The number of hydrogen-bond donors (Lipinski definition) is 1. The highest BCUT2D eigenvalue weighted by molar-refractivity contribution is 5.29. The van der Waals surface area contributed by atoms with Crippen molar-refractivity contribution in [2.45, 2.75) is 37.1 Å². The van der Waals surface area contributed by atoms with Crippen molar-refractivity contribution in [2.75, 3.05) is 6.54 Å². The molecule has 0 spiro atoms. The van der Waals surface area contributed by atoms with Gasteiger partial charge >= 0.3 is 0 Å². The summed E-state index contributed by atoms with van der Waals surface area (Å²) in [4.78, 5) is 4.11. The molecule has 2 aliphatic rings. The molecule has 0 unspecified atom stereocenters. The highest BCUT2D eigenvalue weighted by atomic mass is 15.0. The van der Waals surface area contributed by atoms with E-state index in [2.05, 4.69) is 34.6 Å². The topological polar surface area (TPSA) is 24.9 Å². The molecule has 1 aromatic rings. The van der Waals surface area contributed by atoms with E-state index in [1.165, 1.54) is 18.4 Å². The lowest BCUT2D eigenvalue weighted by atomic mass is 9.78. The number of nitrogens with zero attached hydrogens (tertiary/aromatic N) is 1. The van der Waals surface area contributed by atoms with Crippen LogP contribution in [0.2, 0.25) is 0 Å². The summed E-state index contributed by atoms with van der Waals surface area (Å²) in [5, 5.41) is 3.68. The summed E-state index contributed by atoms with van der Waals surface area (Å²) in [7, 11) is 0. The van der Waals surface area contributed by atoms with E-state index in [9.17, 15) is 0 Å². The minimum atomic E-state index is 0.297. The molecule has 0 saturated heterocycles. The summed E-state index contributed by atoms with van der Waals surface area (Å²) in [5.41, 5.74) is 1.73. The molecular weight excluding hydrogens is 196 g/mol. The Kier molecular flexibility index (Phi) is 2.52. The van der Waals surface area contributed by atoms with Gasteiger partial charge in [-0.15, -0.1) is 0 Å². The standard InChI is InChI=1S/C14H18N2/c1-2-8-14(7-1,11-16-13-3-4-13)12-5-9-15-10-6-12/h1-2,5-6,9-10,13,16H,3-4,7-8,11H2. The van der Waals surface area contributed by atoms with Gasteiger partial charge in [0, 0.05) is 30.4 Å². The van der Waals surface area contributed by atoms with E-state index in [-0.39, 0.29) is 0 Å². The van der Waals surface area contributed by atoms with Gasteiger partial charge in [0.25, 0.3) is 0 Å². The van der Waals surface area contributed by atoms with E-state index in [1.54, 1.807) is 0 Å². The van der Waals surface area contributed by atoms with Gasteiger partial charge in [0.2, 0.25) is 0 Å². The zero-order valence-corrected chi connectivity index (χ0v) is 9.52. The van der Waals surface area contributed by atoms with Crippen molar-refractivity contribution in [1.82, 2.24) is 10.3 Å². The predicted octanol–water partition coefficient (Wildman–Crippen LogP) is 2.42. The molecule has 16 heavy (non-hydrogen) atoms. The molecule has 0 aromatic carbocycles. The van der Waals surface area contributed by atoms with Crippen LogP contribution in [0, 0.1) is 0 Å². The fourth-order valence-electron chi connectivity index (χ4n) is 2.52. The molecule has 1 N–H and O–H groups in total. The van der Waals surface area contributed by atoms with Crippen LogP contribution in [0.15, 0.2) is 36.7 Å². The second-order valence-corrected chi connectivity index (χ2v) is 5.05. The van der Waals surface area contributed by atoms with Crippen LogP contribution in [0.1, 0.15) is 31.2 Å². The van der Waals surface area contributed by atoms with Crippen LogP contribution >= 0.6 is 0 Å². The van der Waals surface area contributed by atoms with Crippen LogP contribution in [0.4, 0.5) is 0 Å². The van der Waals surface area contributed by atoms with Crippen LogP contribution in [-0.4, -0.2) is 17.6 Å². The molecule has 0 bridgehead atoms. The van der Waals surface area contributed by atoms with Crippen LogP contribution in [-0.2, 0) is 5.41 Å². The van der Waals surface area contributed by atoms with Gasteiger partial charge in [-0.25, -0.2) is 0 Å². The van der Waals surface area contributed by atoms with Gasteiger partial charge in [-0.2, -0.15) is 0 Å². The Hall–Kier alpha value is -1.15. The van der Waals surface area contributed by atoms with Crippen molar-refractivity contribution < 1.29 is 0 Å². The van der Waals surface area contributed by atoms with E-state index in [1.807, 2.05) is 12.4 Å². The van der Waals surface area contributed by atoms with E-state index < -0.39 is 0 Å². The van der Waals surface area contributed by atoms with Gasteiger partial charge in [0.15, 0.2) is 0 Å². The van der Waals surface area contributed by atoms with Crippen LogP contribution < -0.4 is 5.32 Å². The van der Waals surface area contributed by atoms with Crippen molar-refractivity contribution in [3.8, 4) is 0 Å². The lowest BCUT2D eigenvalue weighted by Gasteiger charge is -2.30. The third-order valence-electron chi connectivity index (χ3n) is 3.78. The Morgan fingerprint density at radius 2 is 1.88 bits per heavy atom. The zero-order chi connectivity index (χ0) is 10.8. The van der Waals surface area contributed by atoms with E-state index in [0.717, 1.165) is 25.4 Å². The van der Waals surface area contributed by atoms with Crippen molar-refractivity contribution >= 4 is 0 Å². The van der Waals surface area contributed by atoms with Crippen molar-refractivity contribution in [1.29, 1.82) is 0 Å². The molecule has 2 aliphatic carbocycles. The predicted molar refractivity (Wildman–Crippen MR) is 65.3 cm³/mol. The Morgan fingerprint density at radius 3 is 2.50 bits per heavy atom. The number of rotatable bonds is 4. The molecule has 1 aromatic heterocycles. The highest BCUT2D eigenvalue weighted by Crippen LogP contribution is 2.37. The zero-order valence-electron chi connectivity index (χ0n) is 9.52. The second-order valence-electron chi connectivity index (χ2n) is 5.05. The first-order chi connectivity index (χ1) is 7.89. The largest absolute Gasteiger partial charge is 0.313 e. The number of allylic oxidation sites excluding steroid dienone is 2. The molecule has 3 rings (SSSR count).